The van der Waals surface area contributed by atoms with Crippen molar-refractivity contribution in [2.45, 2.75) is 12.8 Å². The van der Waals surface area contributed by atoms with Crippen LogP contribution in [0.3, 0.4) is 0 Å². The molecular formula is C16H15ClFN. The Bertz CT molecular complexity index is 610. The second kappa shape index (κ2) is 5.32. The van der Waals surface area contributed by atoms with Gasteiger partial charge in [-0.15, -0.1) is 0 Å². The van der Waals surface area contributed by atoms with Gasteiger partial charge in [0.05, 0.1) is 0 Å². The van der Waals surface area contributed by atoms with Crippen molar-refractivity contribution < 1.29 is 4.39 Å². The van der Waals surface area contributed by atoms with Crippen LogP contribution >= 0.6 is 11.6 Å². The summed E-state index contributed by atoms with van der Waals surface area (Å²) in [5, 5.41) is 4.09. The molecule has 0 saturated carbocycles. The molecule has 2 aromatic rings. The highest BCUT2D eigenvalue weighted by Gasteiger charge is 2.16. The van der Waals surface area contributed by atoms with Crippen molar-refractivity contribution >= 4 is 11.6 Å². The smallest absolute Gasteiger partial charge is 0.123 e. The first-order chi connectivity index (χ1) is 9.25. The van der Waals surface area contributed by atoms with Crippen LogP contribution in [0, 0.1) is 5.82 Å². The van der Waals surface area contributed by atoms with Gasteiger partial charge in [0.15, 0.2) is 0 Å². The minimum absolute atomic E-state index is 0.224. The van der Waals surface area contributed by atoms with E-state index in [1.54, 1.807) is 12.1 Å². The minimum atomic E-state index is -0.224. The van der Waals surface area contributed by atoms with Gasteiger partial charge in [0.1, 0.15) is 5.82 Å². The van der Waals surface area contributed by atoms with Crippen molar-refractivity contribution in [3.8, 4) is 11.1 Å². The molecule has 0 unspecified atom stereocenters. The Labute approximate surface area is 117 Å². The number of hydrogen-bond acceptors (Lipinski definition) is 1. The van der Waals surface area contributed by atoms with Crippen LogP contribution in [0.2, 0.25) is 5.02 Å². The standard InChI is InChI=1S/C16H15ClFN/c17-15-5-4-11-6-8-19-9-7-14(11)16(15)12-2-1-3-13(18)10-12/h1-5,10,19H,6-9H2. The van der Waals surface area contributed by atoms with Crippen LogP contribution in [0.5, 0.6) is 0 Å². The Hall–Kier alpha value is -1.38. The second-order valence-electron chi connectivity index (χ2n) is 4.82. The molecule has 1 N–H and O–H groups in total. The van der Waals surface area contributed by atoms with E-state index in [4.69, 9.17) is 11.6 Å². The maximum atomic E-state index is 13.4. The first kappa shape index (κ1) is 12.6. The zero-order valence-electron chi connectivity index (χ0n) is 10.5. The lowest BCUT2D eigenvalue weighted by molar-refractivity contribution is 0.628. The molecule has 0 saturated heterocycles. The highest BCUT2D eigenvalue weighted by atomic mass is 35.5. The third-order valence-corrected chi connectivity index (χ3v) is 3.91. The van der Waals surface area contributed by atoms with Gasteiger partial charge >= 0.3 is 0 Å². The summed E-state index contributed by atoms with van der Waals surface area (Å²) in [6.45, 7) is 1.92. The number of rotatable bonds is 1. The quantitative estimate of drug-likeness (QED) is 0.834. The predicted octanol–water partition coefficient (Wildman–Crippen LogP) is 3.83. The Morgan fingerprint density at radius 3 is 2.74 bits per heavy atom. The van der Waals surface area contributed by atoms with Crippen molar-refractivity contribution in [1.29, 1.82) is 0 Å². The summed E-state index contributed by atoms with van der Waals surface area (Å²) in [4.78, 5) is 0. The largest absolute Gasteiger partial charge is 0.316 e. The lowest BCUT2D eigenvalue weighted by atomic mass is 9.92. The maximum absolute atomic E-state index is 13.4. The number of fused-ring (bicyclic) bond motifs is 1. The van der Waals surface area contributed by atoms with E-state index in [1.165, 1.54) is 17.2 Å². The van der Waals surface area contributed by atoms with Gasteiger partial charge in [0.2, 0.25) is 0 Å². The molecule has 0 aliphatic carbocycles. The van der Waals surface area contributed by atoms with Crippen LogP contribution in [-0.2, 0) is 12.8 Å². The Kier molecular flexibility index (Phi) is 3.54. The molecule has 0 bridgehead atoms. The van der Waals surface area contributed by atoms with E-state index < -0.39 is 0 Å². The first-order valence-corrected chi connectivity index (χ1v) is 6.90. The number of halogens is 2. The predicted molar refractivity (Wildman–Crippen MR) is 77.1 cm³/mol. The maximum Gasteiger partial charge on any atom is 0.123 e. The molecule has 0 radical (unpaired) electrons. The number of nitrogens with one attached hydrogen (secondary N) is 1. The van der Waals surface area contributed by atoms with Gasteiger partial charge in [-0.3, -0.25) is 0 Å². The fraction of sp³-hybridized carbons (Fsp3) is 0.250. The molecule has 0 fully saturated rings. The summed E-state index contributed by atoms with van der Waals surface area (Å²) in [5.74, 6) is -0.224. The molecule has 2 aromatic carbocycles. The molecule has 98 valence electrons. The van der Waals surface area contributed by atoms with E-state index >= 15 is 0 Å². The molecule has 1 heterocycles. The lowest BCUT2D eigenvalue weighted by Gasteiger charge is -2.14. The molecule has 3 rings (SSSR count). The van der Waals surface area contributed by atoms with Crippen molar-refractivity contribution in [3.63, 3.8) is 0 Å². The van der Waals surface area contributed by atoms with Gasteiger partial charge in [-0.1, -0.05) is 29.8 Å². The molecule has 3 heteroatoms. The molecular weight excluding hydrogens is 261 g/mol. The van der Waals surface area contributed by atoms with Crippen LogP contribution in [0.4, 0.5) is 4.39 Å². The topological polar surface area (TPSA) is 12.0 Å². The van der Waals surface area contributed by atoms with Gasteiger partial charge in [-0.05, 0) is 60.8 Å². The molecule has 19 heavy (non-hydrogen) atoms. The summed E-state index contributed by atoms with van der Waals surface area (Å²) in [6.07, 6.45) is 1.93. The van der Waals surface area contributed by atoms with E-state index in [9.17, 15) is 4.39 Å². The van der Waals surface area contributed by atoms with E-state index in [1.807, 2.05) is 12.1 Å². The number of benzene rings is 2. The van der Waals surface area contributed by atoms with Gasteiger partial charge < -0.3 is 5.32 Å². The average molecular weight is 276 g/mol. The molecule has 1 aliphatic rings. The van der Waals surface area contributed by atoms with Gasteiger partial charge in [0, 0.05) is 10.6 Å². The molecule has 0 aromatic heterocycles. The zero-order chi connectivity index (χ0) is 13.2. The summed E-state index contributed by atoms with van der Waals surface area (Å²) in [6, 6.07) is 10.7. The van der Waals surface area contributed by atoms with E-state index in [-0.39, 0.29) is 5.82 Å². The molecule has 1 aliphatic heterocycles. The van der Waals surface area contributed by atoms with Crippen LogP contribution in [0.1, 0.15) is 11.1 Å². The van der Waals surface area contributed by atoms with Crippen LogP contribution in [0.25, 0.3) is 11.1 Å². The van der Waals surface area contributed by atoms with Crippen LogP contribution in [-0.4, -0.2) is 13.1 Å². The van der Waals surface area contributed by atoms with Crippen molar-refractivity contribution in [3.05, 3.63) is 58.4 Å². The Balaban J connectivity index is 2.19. The molecule has 0 atom stereocenters. The normalized spacial score (nSPS) is 14.8. The Morgan fingerprint density at radius 2 is 1.89 bits per heavy atom. The highest BCUT2D eigenvalue weighted by Crippen LogP contribution is 2.34. The number of hydrogen-bond donors (Lipinski definition) is 1. The Morgan fingerprint density at radius 1 is 1.05 bits per heavy atom. The van der Waals surface area contributed by atoms with E-state index in [0.717, 1.165) is 37.1 Å². The summed E-state index contributed by atoms with van der Waals surface area (Å²) in [7, 11) is 0. The summed E-state index contributed by atoms with van der Waals surface area (Å²) in [5.41, 5.74) is 4.42. The lowest BCUT2D eigenvalue weighted by Crippen LogP contribution is -2.16. The molecule has 1 nitrogen and oxygen atoms in total. The first-order valence-electron chi connectivity index (χ1n) is 6.52. The van der Waals surface area contributed by atoms with Gasteiger partial charge in [-0.2, -0.15) is 0 Å². The average Bonchev–Trinajstić information content (AvgIpc) is 2.63. The highest BCUT2D eigenvalue weighted by molar-refractivity contribution is 6.33. The summed E-state index contributed by atoms with van der Waals surface area (Å²) >= 11 is 6.36. The van der Waals surface area contributed by atoms with Gasteiger partial charge in [0.25, 0.3) is 0 Å². The molecule has 0 amide bonds. The van der Waals surface area contributed by atoms with E-state index in [0.29, 0.717) is 5.02 Å². The third-order valence-electron chi connectivity index (χ3n) is 3.60. The zero-order valence-corrected chi connectivity index (χ0v) is 11.3. The SMILES string of the molecule is Fc1cccc(-c2c(Cl)ccc3c2CCNCC3)c1. The van der Waals surface area contributed by atoms with Crippen molar-refractivity contribution in [2.24, 2.45) is 0 Å². The second-order valence-corrected chi connectivity index (χ2v) is 5.23. The summed E-state index contributed by atoms with van der Waals surface area (Å²) < 4.78 is 13.4. The molecule has 0 spiro atoms. The monoisotopic (exact) mass is 275 g/mol. The van der Waals surface area contributed by atoms with Crippen molar-refractivity contribution in [2.75, 3.05) is 13.1 Å². The van der Waals surface area contributed by atoms with Crippen LogP contribution in [0.15, 0.2) is 36.4 Å². The van der Waals surface area contributed by atoms with Crippen molar-refractivity contribution in [1.82, 2.24) is 5.32 Å². The van der Waals surface area contributed by atoms with Crippen LogP contribution < -0.4 is 5.32 Å². The third kappa shape index (κ3) is 2.51. The fourth-order valence-corrected chi connectivity index (χ4v) is 2.99. The van der Waals surface area contributed by atoms with E-state index in [2.05, 4.69) is 11.4 Å². The minimum Gasteiger partial charge on any atom is -0.316 e. The van der Waals surface area contributed by atoms with Gasteiger partial charge in [-0.25, -0.2) is 4.39 Å². The fourth-order valence-electron chi connectivity index (χ4n) is 2.70.